The van der Waals surface area contributed by atoms with Gasteiger partial charge in [0.25, 0.3) is 0 Å². The standard InChI is InChI=1S/C21H19F3N2O3/c1-2-19(27)25-12-20(28)26-11-10-17-14(13-26)4-3-5-18(17)29-16-8-6-15(7-9-16)21(22,23)24/h2-9H,1,10-13H2,(H,25,27). The van der Waals surface area contributed by atoms with Gasteiger partial charge >= 0.3 is 6.18 Å². The van der Waals surface area contributed by atoms with E-state index in [2.05, 4.69) is 11.9 Å². The molecule has 1 N–H and O–H groups in total. The van der Waals surface area contributed by atoms with E-state index in [1.807, 2.05) is 6.07 Å². The summed E-state index contributed by atoms with van der Waals surface area (Å²) in [5.41, 5.74) is 1.06. The first-order valence-corrected chi connectivity index (χ1v) is 8.92. The Balaban J connectivity index is 1.70. The Morgan fingerprint density at radius 2 is 1.90 bits per heavy atom. The van der Waals surface area contributed by atoms with Crippen LogP contribution in [0.4, 0.5) is 13.2 Å². The zero-order valence-corrected chi connectivity index (χ0v) is 15.5. The van der Waals surface area contributed by atoms with Crippen molar-refractivity contribution >= 4 is 11.8 Å². The second kappa shape index (κ2) is 8.38. The van der Waals surface area contributed by atoms with Crippen LogP contribution in [0.5, 0.6) is 11.5 Å². The van der Waals surface area contributed by atoms with E-state index in [0.29, 0.717) is 31.0 Å². The number of amides is 2. The van der Waals surface area contributed by atoms with Crippen LogP contribution in [0.3, 0.4) is 0 Å². The number of fused-ring (bicyclic) bond motifs is 1. The van der Waals surface area contributed by atoms with Gasteiger partial charge < -0.3 is 15.0 Å². The summed E-state index contributed by atoms with van der Waals surface area (Å²) in [6.07, 6.45) is -2.76. The van der Waals surface area contributed by atoms with Crippen LogP contribution < -0.4 is 10.1 Å². The van der Waals surface area contributed by atoms with E-state index in [1.54, 1.807) is 17.0 Å². The minimum atomic E-state index is -4.40. The number of benzene rings is 2. The van der Waals surface area contributed by atoms with Gasteiger partial charge in [-0.1, -0.05) is 18.7 Å². The Morgan fingerprint density at radius 1 is 1.17 bits per heavy atom. The molecule has 0 aromatic heterocycles. The minimum Gasteiger partial charge on any atom is -0.457 e. The SMILES string of the molecule is C=CC(=O)NCC(=O)N1CCc2c(cccc2Oc2ccc(C(F)(F)F)cc2)C1. The number of ether oxygens (including phenoxy) is 1. The summed E-state index contributed by atoms with van der Waals surface area (Å²) >= 11 is 0. The fourth-order valence-corrected chi connectivity index (χ4v) is 3.07. The third kappa shape index (κ3) is 4.96. The maximum absolute atomic E-state index is 12.7. The molecular weight excluding hydrogens is 385 g/mol. The number of carbonyl (C=O) groups is 2. The van der Waals surface area contributed by atoms with Crippen LogP contribution in [0.2, 0.25) is 0 Å². The van der Waals surface area contributed by atoms with Crippen LogP contribution >= 0.6 is 0 Å². The van der Waals surface area contributed by atoms with Gasteiger partial charge in [0.2, 0.25) is 11.8 Å². The summed E-state index contributed by atoms with van der Waals surface area (Å²) < 4.78 is 43.9. The number of alkyl halides is 3. The van der Waals surface area contributed by atoms with Crippen molar-refractivity contribution in [3.05, 3.63) is 71.8 Å². The van der Waals surface area contributed by atoms with Crippen LogP contribution in [0, 0.1) is 0 Å². The van der Waals surface area contributed by atoms with Crippen LogP contribution in [-0.2, 0) is 28.7 Å². The first-order valence-electron chi connectivity index (χ1n) is 8.92. The first-order chi connectivity index (χ1) is 13.8. The maximum Gasteiger partial charge on any atom is 0.416 e. The second-order valence-corrected chi connectivity index (χ2v) is 6.51. The van der Waals surface area contributed by atoms with Crippen molar-refractivity contribution in [2.24, 2.45) is 0 Å². The van der Waals surface area contributed by atoms with Crippen LogP contribution in [0.1, 0.15) is 16.7 Å². The lowest BCUT2D eigenvalue weighted by Crippen LogP contribution is -2.42. The summed E-state index contributed by atoms with van der Waals surface area (Å²) in [4.78, 5) is 25.1. The van der Waals surface area contributed by atoms with Gasteiger partial charge in [-0.15, -0.1) is 0 Å². The Morgan fingerprint density at radius 3 is 2.55 bits per heavy atom. The van der Waals surface area contributed by atoms with Crippen molar-refractivity contribution in [2.45, 2.75) is 19.1 Å². The lowest BCUT2D eigenvalue weighted by molar-refractivity contribution is -0.137. The normalized spacial score (nSPS) is 13.4. The molecule has 3 rings (SSSR count). The molecule has 1 heterocycles. The molecule has 0 saturated carbocycles. The third-order valence-electron chi connectivity index (χ3n) is 4.58. The second-order valence-electron chi connectivity index (χ2n) is 6.51. The molecule has 1 aliphatic rings. The Bertz CT molecular complexity index is 924. The van der Waals surface area contributed by atoms with E-state index in [4.69, 9.17) is 4.74 Å². The van der Waals surface area contributed by atoms with Gasteiger partial charge in [0, 0.05) is 18.7 Å². The average Bonchev–Trinajstić information content (AvgIpc) is 2.71. The van der Waals surface area contributed by atoms with Gasteiger partial charge in [-0.3, -0.25) is 9.59 Å². The zero-order valence-electron chi connectivity index (χ0n) is 15.5. The molecule has 0 unspecified atom stereocenters. The minimum absolute atomic E-state index is 0.109. The lowest BCUT2D eigenvalue weighted by atomic mass is 9.98. The van der Waals surface area contributed by atoms with E-state index in [1.165, 1.54) is 12.1 Å². The molecule has 0 radical (unpaired) electrons. The van der Waals surface area contributed by atoms with Crippen molar-refractivity contribution in [3.63, 3.8) is 0 Å². The average molecular weight is 404 g/mol. The van der Waals surface area contributed by atoms with Crippen LogP contribution in [0.25, 0.3) is 0 Å². The van der Waals surface area contributed by atoms with Gasteiger partial charge in [0.05, 0.1) is 12.1 Å². The maximum atomic E-state index is 12.7. The lowest BCUT2D eigenvalue weighted by Gasteiger charge is -2.30. The van der Waals surface area contributed by atoms with E-state index >= 15 is 0 Å². The van der Waals surface area contributed by atoms with Gasteiger partial charge in [-0.05, 0) is 48.4 Å². The molecule has 0 atom stereocenters. The van der Waals surface area contributed by atoms with Crippen molar-refractivity contribution < 1.29 is 27.5 Å². The monoisotopic (exact) mass is 404 g/mol. The Labute approximate surface area is 165 Å². The van der Waals surface area contributed by atoms with Crippen molar-refractivity contribution in [2.75, 3.05) is 13.1 Å². The summed E-state index contributed by atoms with van der Waals surface area (Å²) in [5, 5.41) is 2.46. The van der Waals surface area contributed by atoms with Crippen LogP contribution in [0.15, 0.2) is 55.1 Å². The number of hydrogen-bond acceptors (Lipinski definition) is 3. The summed E-state index contributed by atoms with van der Waals surface area (Å²) in [7, 11) is 0. The number of rotatable bonds is 5. The molecule has 8 heteroatoms. The van der Waals surface area contributed by atoms with E-state index in [-0.39, 0.29) is 12.5 Å². The van der Waals surface area contributed by atoms with Gasteiger partial charge in [0.1, 0.15) is 11.5 Å². The molecule has 2 aromatic carbocycles. The molecule has 2 aromatic rings. The first kappa shape index (κ1) is 20.4. The number of nitrogens with zero attached hydrogens (tertiary/aromatic N) is 1. The quantitative estimate of drug-likeness (QED) is 0.774. The molecule has 29 heavy (non-hydrogen) atoms. The highest BCUT2D eigenvalue weighted by molar-refractivity contribution is 5.90. The van der Waals surface area contributed by atoms with Gasteiger partial charge in [-0.2, -0.15) is 13.2 Å². The number of carbonyl (C=O) groups excluding carboxylic acids is 2. The number of halogens is 3. The smallest absolute Gasteiger partial charge is 0.416 e. The molecule has 0 bridgehead atoms. The molecule has 5 nitrogen and oxygen atoms in total. The zero-order chi connectivity index (χ0) is 21.0. The molecule has 1 aliphatic heterocycles. The van der Waals surface area contributed by atoms with E-state index < -0.39 is 17.6 Å². The van der Waals surface area contributed by atoms with E-state index in [0.717, 1.165) is 29.3 Å². The Kier molecular flexibility index (Phi) is 5.91. The summed E-state index contributed by atoms with van der Waals surface area (Å²) in [6, 6.07) is 9.90. The molecule has 2 amide bonds. The van der Waals surface area contributed by atoms with Crippen LogP contribution in [-0.4, -0.2) is 29.8 Å². The third-order valence-corrected chi connectivity index (χ3v) is 4.58. The van der Waals surface area contributed by atoms with Crippen molar-refractivity contribution in [3.8, 4) is 11.5 Å². The molecule has 152 valence electrons. The van der Waals surface area contributed by atoms with Crippen molar-refractivity contribution in [1.82, 2.24) is 10.2 Å². The fraction of sp³-hybridized carbons (Fsp3) is 0.238. The predicted molar refractivity (Wildman–Crippen MR) is 100 cm³/mol. The molecular formula is C21H19F3N2O3. The number of nitrogens with one attached hydrogen (secondary N) is 1. The molecule has 0 fully saturated rings. The summed E-state index contributed by atoms with van der Waals surface area (Å²) in [5.74, 6) is 0.231. The fourth-order valence-electron chi connectivity index (χ4n) is 3.07. The molecule has 0 spiro atoms. The summed E-state index contributed by atoms with van der Waals surface area (Å²) in [6.45, 7) is 4.04. The number of hydrogen-bond donors (Lipinski definition) is 1. The van der Waals surface area contributed by atoms with E-state index in [9.17, 15) is 22.8 Å². The highest BCUT2D eigenvalue weighted by Gasteiger charge is 2.30. The van der Waals surface area contributed by atoms with Gasteiger partial charge in [-0.25, -0.2) is 0 Å². The molecule has 0 saturated heterocycles. The predicted octanol–water partition coefficient (Wildman–Crippen LogP) is 3.68. The molecule has 0 aliphatic carbocycles. The largest absolute Gasteiger partial charge is 0.457 e. The van der Waals surface area contributed by atoms with Crippen molar-refractivity contribution in [1.29, 1.82) is 0 Å². The Hall–Kier alpha value is -3.29. The topological polar surface area (TPSA) is 58.6 Å². The highest BCUT2D eigenvalue weighted by atomic mass is 19.4. The highest BCUT2D eigenvalue weighted by Crippen LogP contribution is 2.34. The van der Waals surface area contributed by atoms with Gasteiger partial charge in [0.15, 0.2) is 0 Å².